The van der Waals surface area contributed by atoms with Crippen LogP contribution in [0.3, 0.4) is 0 Å². The van der Waals surface area contributed by atoms with E-state index in [0.717, 1.165) is 44.7 Å². The monoisotopic (exact) mass is 595 g/mol. The van der Waals surface area contributed by atoms with Gasteiger partial charge in [0.1, 0.15) is 11.6 Å². The minimum absolute atomic E-state index is 0.493. The molecule has 224 valence electrons. The molecule has 1 aromatic heterocycles. The van der Waals surface area contributed by atoms with Gasteiger partial charge >= 0.3 is 0 Å². The van der Waals surface area contributed by atoms with Crippen LogP contribution in [0, 0.1) is 0 Å². The molecule has 6 rings (SSSR count). The Hall–Kier alpha value is -5.80. The van der Waals surface area contributed by atoms with Gasteiger partial charge in [-0.15, -0.1) is 0 Å². The Kier molecular flexibility index (Phi) is 9.41. The third-order valence-electron chi connectivity index (χ3n) is 8.08. The number of aromatic nitrogens is 2. The molecule has 0 amide bonds. The molecule has 0 aliphatic carbocycles. The summed E-state index contributed by atoms with van der Waals surface area (Å²) >= 11 is 0. The van der Waals surface area contributed by atoms with Crippen molar-refractivity contribution < 1.29 is 0 Å². The molecule has 0 unspecified atom stereocenters. The van der Waals surface area contributed by atoms with Crippen LogP contribution in [-0.4, -0.2) is 9.97 Å². The highest BCUT2D eigenvalue weighted by molar-refractivity contribution is 5.79. The van der Waals surface area contributed by atoms with Crippen molar-refractivity contribution in [2.24, 2.45) is 0 Å². The molecule has 0 radical (unpaired) electrons. The van der Waals surface area contributed by atoms with Gasteiger partial charge in [0.2, 0.25) is 0 Å². The maximum absolute atomic E-state index is 6.76. The van der Waals surface area contributed by atoms with Gasteiger partial charge in [0.05, 0.1) is 5.69 Å². The molecule has 0 fully saturated rings. The van der Waals surface area contributed by atoms with Crippen LogP contribution >= 0.6 is 0 Å². The van der Waals surface area contributed by atoms with E-state index in [1.54, 1.807) is 0 Å². The first-order valence-corrected chi connectivity index (χ1v) is 15.6. The average Bonchev–Trinajstić information content (AvgIpc) is 3.10. The molecule has 0 spiro atoms. The zero-order valence-corrected chi connectivity index (χ0v) is 26.1. The van der Waals surface area contributed by atoms with Crippen molar-refractivity contribution in [1.82, 2.24) is 9.97 Å². The van der Waals surface area contributed by atoms with Crippen molar-refractivity contribution in [2.75, 3.05) is 5.73 Å². The molecule has 0 bridgehead atoms. The Balaban J connectivity index is 1.33. The molecule has 2 N–H and O–H groups in total. The van der Waals surface area contributed by atoms with Crippen LogP contribution in [0.25, 0.3) is 39.0 Å². The van der Waals surface area contributed by atoms with Gasteiger partial charge in [0.15, 0.2) is 0 Å². The van der Waals surface area contributed by atoms with Crippen molar-refractivity contribution in [3.63, 3.8) is 0 Å². The molecule has 46 heavy (non-hydrogen) atoms. The fourth-order valence-electron chi connectivity index (χ4n) is 5.66. The molecule has 1 heterocycles. The van der Waals surface area contributed by atoms with Crippen molar-refractivity contribution in [3.8, 4) is 33.4 Å². The summed E-state index contributed by atoms with van der Waals surface area (Å²) in [7, 11) is 0. The number of nitrogens with two attached hydrogens (primary N) is 1. The molecule has 0 saturated carbocycles. The van der Waals surface area contributed by atoms with Gasteiger partial charge in [-0.2, -0.15) is 0 Å². The average molecular weight is 596 g/mol. The Bertz CT molecular complexity index is 1970. The summed E-state index contributed by atoms with van der Waals surface area (Å²) < 4.78 is 0. The number of hydrogen-bond donors (Lipinski definition) is 1. The third kappa shape index (κ3) is 7.28. The van der Waals surface area contributed by atoms with E-state index >= 15 is 0 Å². The number of anilines is 1. The molecule has 0 aliphatic rings. The summed E-state index contributed by atoms with van der Waals surface area (Å²) in [6.45, 7) is 6.16. The lowest BCUT2D eigenvalue weighted by molar-refractivity contribution is 0.920. The fourth-order valence-corrected chi connectivity index (χ4v) is 5.66. The highest BCUT2D eigenvalue weighted by Crippen LogP contribution is 2.32. The zero-order chi connectivity index (χ0) is 31.7. The van der Waals surface area contributed by atoms with Crippen LogP contribution in [0.4, 0.5) is 5.82 Å². The maximum atomic E-state index is 6.76. The van der Waals surface area contributed by atoms with Gasteiger partial charge in [0.25, 0.3) is 0 Å². The first kappa shape index (κ1) is 30.2. The Morgan fingerprint density at radius 1 is 0.609 bits per heavy atom. The van der Waals surface area contributed by atoms with Gasteiger partial charge in [-0.25, -0.2) is 9.97 Å². The number of benzene rings is 5. The first-order valence-electron chi connectivity index (χ1n) is 15.6. The highest BCUT2D eigenvalue weighted by Gasteiger charge is 2.16. The van der Waals surface area contributed by atoms with Crippen molar-refractivity contribution in [1.29, 1.82) is 0 Å². The lowest BCUT2D eigenvalue weighted by Gasteiger charge is -2.15. The van der Waals surface area contributed by atoms with Gasteiger partial charge in [0, 0.05) is 18.4 Å². The molecule has 0 atom stereocenters. The van der Waals surface area contributed by atoms with E-state index in [4.69, 9.17) is 15.7 Å². The van der Waals surface area contributed by atoms with E-state index < -0.39 is 0 Å². The minimum Gasteiger partial charge on any atom is -0.383 e. The second-order valence-corrected chi connectivity index (χ2v) is 11.4. The van der Waals surface area contributed by atoms with E-state index in [1.165, 1.54) is 16.7 Å². The zero-order valence-electron chi connectivity index (χ0n) is 26.1. The van der Waals surface area contributed by atoms with Crippen LogP contribution < -0.4 is 5.73 Å². The molecule has 6 aromatic rings. The maximum Gasteiger partial charge on any atom is 0.135 e. The smallest absolute Gasteiger partial charge is 0.135 e. The Morgan fingerprint density at radius 3 is 1.67 bits per heavy atom. The van der Waals surface area contributed by atoms with E-state index in [9.17, 15) is 0 Å². The van der Waals surface area contributed by atoms with Crippen LogP contribution in [0.15, 0.2) is 170 Å². The SMILES string of the molecule is C=C/C(=C\C=C(/C)Cc1nc(Cc2ccc(-c3ccccc3)cc2)nc(N)c1-c1ccc(-c2ccccc2)cc1)c1ccccc1. The van der Waals surface area contributed by atoms with E-state index in [2.05, 4.69) is 135 Å². The standard InChI is InChI=1S/C43H37N3/c1-3-33(34-13-7-4-8-14-34)22-19-31(2)29-40-42(39-27-25-38(26-28-39)36-17-11-6-12-18-36)43(44)46-41(45-40)30-32-20-23-37(24-21-32)35-15-9-5-10-16-35/h3-28H,1,29-30H2,2H3,(H2,44,45,46)/b31-19+,33-22+. The van der Waals surface area contributed by atoms with Gasteiger partial charge in [-0.3, -0.25) is 0 Å². The van der Waals surface area contributed by atoms with Crippen LogP contribution in [0.5, 0.6) is 0 Å². The minimum atomic E-state index is 0.493. The summed E-state index contributed by atoms with van der Waals surface area (Å²) in [5.41, 5.74) is 18.8. The number of rotatable bonds is 10. The lowest BCUT2D eigenvalue weighted by atomic mass is 9.96. The number of nitrogen functional groups attached to an aromatic ring is 1. The fraction of sp³-hybridized carbons (Fsp3) is 0.0698. The Morgan fingerprint density at radius 2 is 1.11 bits per heavy atom. The highest BCUT2D eigenvalue weighted by atomic mass is 15.0. The molecule has 5 aromatic carbocycles. The predicted octanol–water partition coefficient (Wildman–Crippen LogP) is 10.4. The van der Waals surface area contributed by atoms with E-state index in [0.29, 0.717) is 24.5 Å². The molecule has 3 nitrogen and oxygen atoms in total. The first-order chi connectivity index (χ1) is 22.6. The quantitative estimate of drug-likeness (QED) is 0.160. The topological polar surface area (TPSA) is 51.8 Å². The van der Waals surface area contributed by atoms with Crippen molar-refractivity contribution in [3.05, 3.63) is 193 Å². The molecule has 3 heteroatoms. The van der Waals surface area contributed by atoms with Gasteiger partial charge in [-0.05, 0) is 51.4 Å². The number of hydrogen-bond acceptors (Lipinski definition) is 3. The van der Waals surface area contributed by atoms with Crippen molar-refractivity contribution in [2.45, 2.75) is 19.8 Å². The summed E-state index contributed by atoms with van der Waals surface area (Å²) in [5.74, 6) is 1.21. The van der Waals surface area contributed by atoms with Gasteiger partial charge in [-0.1, -0.05) is 170 Å². The van der Waals surface area contributed by atoms with Gasteiger partial charge < -0.3 is 5.73 Å². The second-order valence-electron chi connectivity index (χ2n) is 11.4. The Labute approximate surface area is 272 Å². The van der Waals surface area contributed by atoms with Crippen LogP contribution in [-0.2, 0) is 12.8 Å². The largest absolute Gasteiger partial charge is 0.383 e. The molecule has 0 aliphatic heterocycles. The lowest BCUT2D eigenvalue weighted by Crippen LogP contribution is -2.08. The number of allylic oxidation sites excluding steroid dienone is 5. The predicted molar refractivity (Wildman–Crippen MR) is 194 cm³/mol. The number of nitrogens with zero attached hydrogens (tertiary/aromatic N) is 2. The van der Waals surface area contributed by atoms with E-state index in [1.807, 2.05) is 36.4 Å². The van der Waals surface area contributed by atoms with Crippen LogP contribution in [0.1, 0.15) is 29.6 Å². The summed E-state index contributed by atoms with van der Waals surface area (Å²) in [4.78, 5) is 9.96. The summed E-state index contributed by atoms with van der Waals surface area (Å²) in [5, 5.41) is 0. The third-order valence-corrected chi connectivity index (χ3v) is 8.08. The van der Waals surface area contributed by atoms with E-state index in [-0.39, 0.29) is 0 Å². The van der Waals surface area contributed by atoms with Crippen LogP contribution in [0.2, 0.25) is 0 Å². The molecule has 0 saturated heterocycles. The summed E-state index contributed by atoms with van der Waals surface area (Å²) in [6.07, 6.45) is 7.38. The summed E-state index contributed by atoms with van der Waals surface area (Å²) in [6, 6.07) is 48.2. The van der Waals surface area contributed by atoms with Crippen molar-refractivity contribution >= 4 is 11.4 Å². The molecular weight excluding hydrogens is 558 g/mol. The second kappa shape index (κ2) is 14.3. The molecular formula is C43H37N3. The normalized spacial score (nSPS) is 11.8.